The Kier molecular flexibility index (Phi) is 7.72. The van der Waals surface area contributed by atoms with Crippen LogP contribution in [0.2, 0.25) is 0 Å². The van der Waals surface area contributed by atoms with Gasteiger partial charge in [-0.05, 0) is 35.4 Å². The minimum Gasteiger partial charge on any atom is -0.447 e. The highest BCUT2D eigenvalue weighted by molar-refractivity contribution is 7.99. The van der Waals surface area contributed by atoms with Gasteiger partial charge in [-0.3, -0.25) is 10.2 Å². The van der Waals surface area contributed by atoms with E-state index >= 15 is 0 Å². The first kappa shape index (κ1) is 23.1. The van der Waals surface area contributed by atoms with Gasteiger partial charge in [0.15, 0.2) is 0 Å². The first-order valence-corrected chi connectivity index (χ1v) is 10.4. The molecule has 0 unspecified atom stereocenters. The molecule has 0 saturated heterocycles. The van der Waals surface area contributed by atoms with Crippen LogP contribution in [0.15, 0.2) is 78.0 Å². The quantitative estimate of drug-likeness (QED) is 0.309. The number of ether oxygens (including phenoxy) is 1. The minimum absolute atomic E-state index is 0.0269. The van der Waals surface area contributed by atoms with Crippen molar-refractivity contribution in [3.05, 3.63) is 84.1 Å². The normalized spacial score (nSPS) is 11.0. The standard InChI is InChI=1S/C22H18F3N3O3S/c23-22(24,25)18-10-11-19(26-14-18)32-13-12-31-21(30)28-27-20(29)17-8-6-16(7-9-17)15-4-2-1-3-5-15/h1-11,14H,12-13H2,(H,27,29)(H,28,30). The van der Waals surface area contributed by atoms with Crippen LogP contribution in [0.1, 0.15) is 15.9 Å². The van der Waals surface area contributed by atoms with Crippen LogP contribution in [0.25, 0.3) is 11.1 Å². The van der Waals surface area contributed by atoms with Gasteiger partial charge in [0.05, 0.1) is 10.6 Å². The van der Waals surface area contributed by atoms with Crippen molar-refractivity contribution in [3.8, 4) is 11.1 Å². The average Bonchev–Trinajstić information content (AvgIpc) is 2.80. The maximum absolute atomic E-state index is 12.5. The van der Waals surface area contributed by atoms with Crippen LogP contribution in [0, 0.1) is 0 Å². The summed E-state index contributed by atoms with van der Waals surface area (Å²) in [5.41, 5.74) is 5.88. The van der Waals surface area contributed by atoms with Crippen molar-refractivity contribution < 1.29 is 27.5 Å². The number of alkyl halides is 3. The van der Waals surface area contributed by atoms with Crippen LogP contribution in [0.3, 0.4) is 0 Å². The van der Waals surface area contributed by atoms with Crippen molar-refractivity contribution in [1.29, 1.82) is 0 Å². The Balaban J connectivity index is 1.37. The zero-order valence-corrected chi connectivity index (χ0v) is 17.4. The molecule has 0 saturated carbocycles. The summed E-state index contributed by atoms with van der Waals surface area (Å²) in [6.45, 7) is -0.0269. The van der Waals surface area contributed by atoms with Gasteiger partial charge in [0.25, 0.3) is 5.91 Å². The fourth-order valence-corrected chi connectivity index (χ4v) is 3.24. The van der Waals surface area contributed by atoms with Gasteiger partial charge in [0.2, 0.25) is 0 Å². The van der Waals surface area contributed by atoms with E-state index in [2.05, 4.69) is 15.8 Å². The number of hydrogen-bond acceptors (Lipinski definition) is 5. The Hall–Kier alpha value is -3.53. The maximum Gasteiger partial charge on any atom is 0.426 e. The van der Waals surface area contributed by atoms with E-state index in [4.69, 9.17) is 4.74 Å². The number of carbonyl (C=O) groups excluding carboxylic acids is 2. The zero-order valence-electron chi connectivity index (χ0n) is 16.6. The highest BCUT2D eigenvalue weighted by Gasteiger charge is 2.30. The third-order valence-electron chi connectivity index (χ3n) is 4.16. The molecule has 2 amide bonds. The summed E-state index contributed by atoms with van der Waals surface area (Å²) in [5, 5.41) is 0.370. The number of thioether (sulfide) groups is 1. The highest BCUT2D eigenvalue weighted by Crippen LogP contribution is 2.29. The SMILES string of the molecule is O=C(NNC(=O)c1ccc(-c2ccccc2)cc1)OCCSc1ccc(C(F)(F)F)cn1. The molecule has 0 radical (unpaired) electrons. The third-order valence-corrected chi connectivity index (χ3v) is 5.07. The predicted octanol–water partition coefficient (Wildman–Crippen LogP) is 4.93. The molecule has 2 N–H and O–H groups in total. The minimum atomic E-state index is -4.44. The number of pyridine rings is 1. The number of amides is 2. The van der Waals surface area contributed by atoms with Crippen LogP contribution in [-0.2, 0) is 10.9 Å². The molecule has 3 rings (SSSR count). The van der Waals surface area contributed by atoms with E-state index in [0.29, 0.717) is 10.6 Å². The summed E-state index contributed by atoms with van der Waals surface area (Å²) in [6.07, 6.45) is -4.55. The Morgan fingerprint density at radius 2 is 1.59 bits per heavy atom. The molecule has 1 aromatic heterocycles. The number of nitrogens with one attached hydrogen (secondary N) is 2. The van der Waals surface area contributed by atoms with Crippen LogP contribution in [0.5, 0.6) is 0 Å². The topological polar surface area (TPSA) is 80.3 Å². The van der Waals surface area contributed by atoms with Crippen molar-refractivity contribution in [2.75, 3.05) is 12.4 Å². The van der Waals surface area contributed by atoms with E-state index < -0.39 is 23.7 Å². The summed E-state index contributed by atoms with van der Waals surface area (Å²) in [5.74, 6) is -0.231. The lowest BCUT2D eigenvalue weighted by molar-refractivity contribution is -0.137. The Morgan fingerprint density at radius 3 is 2.22 bits per heavy atom. The number of halogens is 3. The number of carbonyl (C=O) groups is 2. The molecule has 0 spiro atoms. The van der Waals surface area contributed by atoms with E-state index in [-0.39, 0.29) is 12.4 Å². The molecule has 6 nitrogen and oxygen atoms in total. The fraction of sp³-hybridized carbons (Fsp3) is 0.136. The summed E-state index contributed by atoms with van der Waals surface area (Å²) in [7, 11) is 0. The smallest absolute Gasteiger partial charge is 0.426 e. The summed E-state index contributed by atoms with van der Waals surface area (Å²) < 4.78 is 42.4. The van der Waals surface area contributed by atoms with Crippen LogP contribution in [-0.4, -0.2) is 29.3 Å². The summed E-state index contributed by atoms with van der Waals surface area (Å²) >= 11 is 1.13. The van der Waals surface area contributed by atoms with Crippen LogP contribution >= 0.6 is 11.8 Å². The van der Waals surface area contributed by atoms with Gasteiger partial charge in [0, 0.05) is 17.5 Å². The third kappa shape index (κ3) is 6.74. The van der Waals surface area contributed by atoms with Gasteiger partial charge in [-0.25, -0.2) is 15.2 Å². The number of benzene rings is 2. The van der Waals surface area contributed by atoms with Gasteiger partial charge < -0.3 is 4.74 Å². The van der Waals surface area contributed by atoms with Gasteiger partial charge in [0.1, 0.15) is 6.61 Å². The molecular formula is C22H18F3N3O3S. The van der Waals surface area contributed by atoms with Crippen LogP contribution < -0.4 is 10.9 Å². The lowest BCUT2D eigenvalue weighted by atomic mass is 10.0. The lowest BCUT2D eigenvalue weighted by Crippen LogP contribution is -2.42. The largest absolute Gasteiger partial charge is 0.447 e. The molecule has 0 aliphatic rings. The van der Waals surface area contributed by atoms with Crippen LogP contribution in [0.4, 0.5) is 18.0 Å². The van der Waals surface area contributed by atoms with Gasteiger partial charge in [-0.15, -0.1) is 11.8 Å². The molecule has 3 aromatic rings. The molecule has 166 valence electrons. The monoisotopic (exact) mass is 461 g/mol. The fourth-order valence-electron chi connectivity index (χ4n) is 2.57. The van der Waals surface area contributed by atoms with Gasteiger partial charge in [-0.1, -0.05) is 42.5 Å². The lowest BCUT2D eigenvalue weighted by Gasteiger charge is -2.09. The second-order valence-electron chi connectivity index (χ2n) is 6.39. The van der Waals surface area contributed by atoms with Crippen molar-refractivity contribution in [2.24, 2.45) is 0 Å². The van der Waals surface area contributed by atoms with E-state index in [1.54, 1.807) is 24.3 Å². The van der Waals surface area contributed by atoms with E-state index in [1.165, 1.54) is 6.07 Å². The number of rotatable bonds is 6. The second-order valence-corrected chi connectivity index (χ2v) is 7.50. The Bertz CT molecular complexity index is 1040. The van der Waals surface area contributed by atoms with Crippen molar-refractivity contribution in [3.63, 3.8) is 0 Å². The number of nitrogens with zero attached hydrogens (tertiary/aromatic N) is 1. The van der Waals surface area contributed by atoms with Gasteiger partial charge in [-0.2, -0.15) is 13.2 Å². The maximum atomic E-state index is 12.5. The van der Waals surface area contributed by atoms with E-state index in [1.807, 2.05) is 30.3 Å². The average molecular weight is 461 g/mol. The molecule has 2 aromatic carbocycles. The van der Waals surface area contributed by atoms with Crippen molar-refractivity contribution in [2.45, 2.75) is 11.2 Å². The zero-order chi connectivity index (χ0) is 23.0. The molecule has 0 atom stereocenters. The second kappa shape index (κ2) is 10.7. The molecule has 32 heavy (non-hydrogen) atoms. The predicted molar refractivity (Wildman–Crippen MR) is 114 cm³/mol. The summed E-state index contributed by atoms with van der Waals surface area (Å²) in [6, 6.07) is 18.7. The molecule has 10 heteroatoms. The van der Waals surface area contributed by atoms with E-state index in [9.17, 15) is 22.8 Å². The van der Waals surface area contributed by atoms with Crippen molar-refractivity contribution >= 4 is 23.8 Å². The Morgan fingerprint density at radius 1 is 0.906 bits per heavy atom. The first-order valence-electron chi connectivity index (χ1n) is 9.37. The number of hydrogen-bond donors (Lipinski definition) is 2. The van der Waals surface area contributed by atoms with Gasteiger partial charge >= 0.3 is 12.3 Å². The first-order chi connectivity index (χ1) is 15.3. The number of hydrazine groups is 1. The molecule has 0 aliphatic heterocycles. The molecule has 0 bridgehead atoms. The summed E-state index contributed by atoms with van der Waals surface area (Å²) in [4.78, 5) is 27.5. The molecule has 0 aliphatic carbocycles. The van der Waals surface area contributed by atoms with E-state index in [0.717, 1.165) is 35.2 Å². The molecule has 1 heterocycles. The molecular weight excluding hydrogens is 443 g/mol. The Labute approximate surface area is 186 Å². The molecule has 0 fully saturated rings. The number of aromatic nitrogens is 1. The van der Waals surface area contributed by atoms with Crippen molar-refractivity contribution in [1.82, 2.24) is 15.8 Å². The highest BCUT2D eigenvalue weighted by atomic mass is 32.2.